The van der Waals surface area contributed by atoms with Gasteiger partial charge in [0.2, 0.25) is 0 Å². The van der Waals surface area contributed by atoms with Gasteiger partial charge in [0.25, 0.3) is 6.47 Å². The summed E-state index contributed by atoms with van der Waals surface area (Å²) in [7, 11) is 0. The summed E-state index contributed by atoms with van der Waals surface area (Å²) in [5, 5.41) is 0. The Bertz CT molecular complexity index is 136. The van der Waals surface area contributed by atoms with Gasteiger partial charge >= 0.3 is 0 Å². The van der Waals surface area contributed by atoms with E-state index in [1.54, 1.807) is 6.26 Å². The van der Waals surface area contributed by atoms with Crippen LogP contribution in [0.5, 0.6) is 0 Å². The van der Waals surface area contributed by atoms with Gasteiger partial charge in [-0.3, -0.25) is 4.79 Å². The van der Waals surface area contributed by atoms with Crippen LogP contribution in [0.25, 0.3) is 0 Å². The summed E-state index contributed by atoms with van der Waals surface area (Å²) in [5.41, 5.74) is 1.16. The van der Waals surface area contributed by atoms with E-state index < -0.39 is 0 Å². The van der Waals surface area contributed by atoms with Crippen LogP contribution >= 0.6 is 0 Å². The molecule has 11 heavy (non-hydrogen) atoms. The van der Waals surface area contributed by atoms with Crippen LogP contribution in [0.3, 0.4) is 0 Å². The molecule has 0 heterocycles. The molecule has 2 nitrogen and oxygen atoms in total. The fourth-order valence-electron chi connectivity index (χ4n) is 1.05. The predicted octanol–water partition coefficient (Wildman–Crippen LogP) is 2.36. The number of allylic oxidation sites excluding steroid dienone is 1. The first-order chi connectivity index (χ1) is 5.09. The van der Waals surface area contributed by atoms with E-state index in [1.165, 1.54) is 0 Å². The molecular weight excluding hydrogens is 140 g/mol. The molecule has 2 heteroatoms. The third-order valence-electron chi connectivity index (χ3n) is 1.59. The average molecular weight is 156 g/mol. The van der Waals surface area contributed by atoms with Crippen LogP contribution in [0.15, 0.2) is 11.8 Å². The minimum atomic E-state index is 0.440. The fraction of sp³-hybridized carbons (Fsp3) is 0.667. The Morgan fingerprint density at radius 1 is 1.18 bits per heavy atom. The molecule has 0 saturated carbocycles. The van der Waals surface area contributed by atoms with Crippen molar-refractivity contribution in [3.8, 4) is 0 Å². The third kappa shape index (κ3) is 3.81. The second-order valence-electron chi connectivity index (χ2n) is 3.16. The molecule has 0 aliphatic heterocycles. The maximum absolute atomic E-state index is 9.89. The van der Waals surface area contributed by atoms with Crippen molar-refractivity contribution >= 4 is 6.47 Å². The van der Waals surface area contributed by atoms with Gasteiger partial charge in [-0.1, -0.05) is 27.7 Å². The molecule has 0 N–H and O–H groups in total. The number of hydrogen-bond donors (Lipinski definition) is 0. The van der Waals surface area contributed by atoms with Crippen molar-refractivity contribution < 1.29 is 9.53 Å². The molecule has 0 amide bonds. The molecule has 0 aliphatic rings. The summed E-state index contributed by atoms with van der Waals surface area (Å²) in [6.07, 6.45) is 1.54. The van der Waals surface area contributed by atoms with Gasteiger partial charge in [0.1, 0.15) is 0 Å². The zero-order chi connectivity index (χ0) is 8.85. The number of rotatable bonds is 4. The highest BCUT2D eigenvalue weighted by molar-refractivity contribution is 5.38. The molecule has 0 aromatic carbocycles. The van der Waals surface area contributed by atoms with E-state index in [0.717, 1.165) is 5.57 Å². The number of ether oxygens (including phenoxy) is 1. The molecule has 0 aromatic heterocycles. The van der Waals surface area contributed by atoms with Crippen molar-refractivity contribution in [1.82, 2.24) is 0 Å². The topological polar surface area (TPSA) is 26.3 Å². The van der Waals surface area contributed by atoms with Crippen LogP contribution in [0.2, 0.25) is 0 Å². The fourth-order valence-corrected chi connectivity index (χ4v) is 1.05. The summed E-state index contributed by atoms with van der Waals surface area (Å²) in [6, 6.07) is 0. The summed E-state index contributed by atoms with van der Waals surface area (Å²) < 4.78 is 4.58. The van der Waals surface area contributed by atoms with Gasteiger partial charge in [0.05, 0.1) is 6.26 Å². The minimum absolute atomic E-state index is 0.440. The van der Waals surface area contributed by atoms with Crippen molar-refractivity contribution in [3.63, 3.8) is 0 Å². The largest absolute Gasteiger partial charge is 0.437 e. The van der Waals surface area contributed by atoms with Crippen molar-refractivity contribution in [2.45, 2.75) is 27.7 Å². The Morgan fingerprint density at radius 2 is 1.64 bits per heavy atom. The molecule has 0 atom stereocenters. The molecule has 64 valence electrons. The molecule has 0 rings (SSSR count). The quantitative estimate of drug-likeness (QED) is 0.461. The average Bonchev–Trinajstić information content (AvgIpc) is 1.87. The van der Waals surface area contributed by atoms with E-state index >= 15 is 0 Å². The molecule has 0 fully saturated rings. The third-order valence-corrected chi connectivity index (χ3v) is 1.59. The van der Waals surface area contributed by atoms with Crippen molar-refractivity contribution in [1.29, 1.82) is 0 Å². The lowest BCUT2D eigenvalue weighted by atomic mass is 9.94. The minimum Gasteiger partial charge on any atom is -0.437 e. The zero-order valence-corrected chi connectivity index (χ0v) is 7.63. The van der Waals surface area contributed by atoms with Crippen LogP contribution in [-0.2, 0) is 9.53 Å². The second kappa shape index (κ2) is 4.94. The van der Waals surface area contributed by atoms with Gasteiger partial charge in [-0.05, 0) is 17.4 Å². The second-order valence-corrected chi connectivity index (χ2v) is 3.16. The van der Waals surface area contributed by atoms with Crippen LogP contribution in [0.1, 0.15) is 27.7 Å². The van der Waals surface area contributed by atoms with Crippen LogP contribution in [-0.4, -0.2) is 6.47 Å². The van der Waals surface area contributed by atoms with Crippen LogP contribution < -0.4 is 0 Å². The van der Waals surface area contributed by atoms with Gasteiger partial charge in [0, 0.05) is 0 Å². The van der Waals surface area contributed by atoms with Crippen molar-refractivity contribution in [2.24, 2.45) is 11.8 Å². The smallest absolute Gasteiger partial charge is 0.297 e. The van der Waals surface area contributed by atoms with E-state index in [2.05, 4.69) is 32.4 Å². The van der Waals surface area contributed by atoms with Gasteiger partial charge in [-0.2, -0.15) is 0 Å². The Labute approximate surface area is 68.2 Å². The van der Waals surface area contributed by atoms with Gasteiger partial charge in [-0.25, -0.2) is 0 Å². The Kier molecular flexibility index (Phi) is 4.59. The van der Waals surface area contributed by atoms with Crippen LogP contribution in [0.4, 0.5) is 0 Å². The number of carbonyl (C=O) groups is 1. The molecule has 0 saturated heterocycles. The monoisotopic (exact) mass is 156 g/mol. The maximum atomic E-state index is 9.89. The summed E-state index contributed by atoms with van der Waals surface area (Å²) in [6.45, 7) is 8.78. The molecule has 0 aliphatic carbocycles. The van der Waals surface area contributed by atoms with Crippen molar-refractivity contribution in [3.05, 3.63) is 11.8 Å². The summed E-state index contributed by atoms with van der Waals surface area (Å²) in [5.74, 6) is 0.880. The Hall–Kier alpha value is -0.790. The number of carbonyl (C=O) groups excluding carboxylic acids is 1. The van der Waals surface area contributed by atoms with Gasteiger partial charge < -0.3 is 4.74 Å². The summed E-state index contributed by atoms with van der Waals surface area (Å²) >= 11 is 0. The first-order valence-corrected chi connectivity index (χ1v) is 3.88. The Morgan fingerprint density at radius 3 is 1.91 bits per heavy atom. The molecule has 0 unspecified atom stereocenters. The lowest BCUT2D eigenvalue weighted by Crippen LogP contribution is -2.02. The predicted molar refractivity (Wildman–Crippen MR) is 44.9 cm³/mol. The van der Waals surface area contributed by atoms with Crippen LogP contribution in [0, 0.1) is 11.8 Å². The molecule has 0 radical (unpaired) electrons. The van der Waals surface area contributed by atoms with Crippen molar-refractivity contribution in [2.75, 3.05) is 0 Å². The standard InChI is InChI=1S/C9H16O2/c1-7(2)9(8(3)4)5-11-6-10/h5-8H,1-4H3. The first kappa shape index (κ1) is 10.2. The van der Waals surface area contributed by atoms with Gasteiger partial charge in [0.15, 0.2) is 0 Å². The Balaban J connectivity index is 4.20. The first-order valence-electron chi connectivity index (χ1n) is 3.88. The normalized spacial score (nSPS) is 10.0. The maximum Gasteiger partial charge on any atom is 0.297 e. The van der Waals surface area contributed by atoms with E-state index in [9.17, 15) is 4.79 Å². The highest BCUT2D eigenvalue weighted by Gasteiger charge is 2.07. The van der Waals surface area contributed by atoms with E-state index in [1.807, 2.05) is 0 Å². The van der Waals surface area contributed by atoms with E-state index in [-0.39, 0.29) is 0 Å². The molecular formula is C9H16O2. The SMILES string of the molecule is CC(C)C(=COC=O)C(C)C. The molecule has 0 aromatic rings. The number of hydrogen-bond acceptors (Lipinski definition) is 2. The highest BCUT2D eigenvalue weighted by Crippen LogP contribution is 2.18. The molecule has 0 spiro atoms. The zero-order valence-electron chi connectivity index (χ0n) is 7.63. The summed E-state index contributed by atoms with van der Waals surface area (Å²) in [4.78, 5) is 9.89. The lowest BCUT2D eigenvalue weighted by Gasteiger charge is -2.13. The lowest BCUT2D eigenvalue weighted by molar-refractivity contribution is -0.123. The van der Waals surface area contributed by atoms with E-state index in [0.29, 0.717) is 18.3 Å². The highest BCUT2D eigenvalue weighted by atomic mass is 16.5. The molecule has 0 bridgehead atoms. The van der Waals surface area contributed by atoms with Gasteiger partial charge in [-0.15, -0.1) is 0 Å². The van der Waals surface area contributed by atoms with E-state index in [4.69, 9.17) is 0 Å².